The summed E-state index contributed by atoms with van der Waals surface area (Å²) in [6.07, 6.45) is 1.75. The first-order chi connectivity index (χ1) is 14.3. The number of nitrogens with one attached hydrogen (secondary N) is 2. The quantitative estimate of drug-likeness (QED) is 0.289. The number of H-pyrrole nitrogens is 1. The Morgan fingerprint density at radius 3 is 2.63 bits per heavy atom. The number of benzene rings is 1. The van der Waals surface area contributed by atoms with Gasteiger partial charge in [-0.3, -0.25) is 4.79 Å². The zero-order valence-corrected chi connectivity index (χ0v) is 18.4. The van der Waals surface area contributed by atoms with E-state index in [-0.39, 0.29) is 11.7 Å². The van der Waals surface area contributed by atoms with Gasteiger partial charge in [0.15, 0.2) is 5.16 Å². The maximum atomic E-state index is 13.5. The molecular weight excluding hydrogens is 405 g/mol. The summed E-state index contributed by atoms with van der Waals surface area (Å²) in [5.74, 6) is -0.365. The van der Waals surface area contributed by atoms with Crippen LogP contribution in [0.4, 0.5) is 10.2 Å². The molecule has 0 aliphatic carbocycles. The van der Waals surface area contributed by atoms with E-state index in [4.69, 9.17) is 4.74 Å². The highest BCUT2D eigenvalue weighted by Crippen LogP contribution is 2.40. The first kappa shape index (κ1) is 22.1. The number of allylic oxidation sites excluding steroid dienone is 1. The minimum Gasteiger partial charge on any atom is -0.460 e. The standard InChI is InChI=1S/C22H26FN3O3S/c1-5-6-11-30-22-25-19-18(20(27)26-22)17(14-7-9-15(23)10-8-14)16(13(4)24-19)21(28)29-12(2)3/h7-10,12,17H,5-6,11H2,1-4H3,(H2,24,25,26,27)/t17-/m1/s1. The van der Waals surface area contributed by atoms with Gasteiger partial charge in [0.25, 0.3) is 5.56 Å². The maximum Gasteiger partial charge on any atom is 0.337 e. The summed E-state index contributed by atoms with van der Waals surface area (Å²) in [6.45, 7) is 7.38. The summed E-state index contributed by atoms with van der Waals surface area (Å²) in [6, 6.07) is 5.78. The molecule has 1 atom stereocenters. The van der Waals surface area contributed by atoms with Crippen LogP contribution in [0.2, 0.25) is 0 Å². The molecule has 8 heteroatoms. The number of halogens is 1. The van der Waals surface area contributed by atoms with Crippen molar-refractivity contribution in [1.29, 1.82) is 0 Å². The Balaban J connectivity index is 2.12. The first-order valence-electron chi connectivity index (χ1n) is 10.0. The van der Waals surface area contributed by atoms with Gasteiger partial charge < -0.3 is 15.0 Å². The molecule has 2 aromatic rings. The third-order valence-corrected chi connectivity index (χ3v) is 5.68. The van der Waals surface area contributed by atoms with Crippen LogP contribution in [0.3, 0.4) is 0 Å². The van der Waals surface area contributed by atoms with E-state index in [0.717, 1.165) is 18.6 Å². The topological polar surface area (TPSA) is 84.1 Å². The lowest BCUT2D eigenvalue weighted by Crippen LogP contribution is -2.31. The van der Waals surface area contributed by atoms with E-state index in [0.29, 0.717) is 33.4 Å². The third kappa shape index (κ3) is 4.75. The Kier molecular flexibility index (Phi) is 6.97. The minimum atomic E-state index is -0.709. The number of aromatic amines is 1. The zero-order chi connectivity index (χ0) is 21.8. The van der Waals surface area contributed by atoms with E-state index in [9.17, 15) is 14.0 Å². The van der Waals surface area contributed by atoms with Crippen molar-refractivity contribution >= 4 is 23.5 Å². The smallest absolute Gasteiger partial charge is 0.337 e. The monoisotopic (exact) mass is 431 g/mol. The summed E-state index contributed by atoms with van der Waals surface area (Å²) in [7, 11) is 0. The number of carbonyl (C=O) groups is 1. The highest BCUT2D eigenvalue weighted by molar-refractivity contribution is 7.99. The second kappa shape index (κ2) is 9.47. The van der Waals surface area contributed by atoms with Crippen LogP contribution >= 0.6 is 11.8 Å². The molecule has 1 aliphatic heterocycles. The van der Waals surface area contributed by atoms with Crippen LogP contribution < -0.4 is 10.9 Å². The molecule has 0 saturated heterocycles. The Labute approximate surface area is 179 Å². The Morgan fingerprint density at radius 1 is 1.30 bits per heavy atom. The molecule has 3 rings (SSSR count). The Morgan fingerprint density at radius 2 is 2.00 bits per heavy atom. The van der Waals surface area contributed by atoms with Gasteiger partial charge in [-0.05, 0) is 44.9 Å². The number of anilines is 1. The van der Waals surface area contributed by atoms with Crippen LogP contribution in [0.1, 0.15) is 57.6 Å². The summed E-state index contributed by atoms with van der Waals surface area (Å²) >= 11 is 1.48. The molecule has 30 heavy (non-hydrogen) atoms. The molecule has 2 heterocycles. The summed E-state index contributed by atoms with van der Waals surface area (Å²) in [5, 5.41) is 3.63. The minimum absolute atomic E-state index is 0.318. The number of thioether (sulfide) groups is 1. The van der Waals surface area contributed by atoms with Crippen molar-refractivity contribution in [2.75, 3.05) is 11.1 Å². The van der Waals surface area contributed by atoms with Crippen molar-refractivity contribution in [3.63, 3.8) is 0 Å². The molecule has 0 bridgehead atoms. The number of unbranched alkanes of at least 4 members (excludes halogenated alkanes) is 1. The van der Waals surface area contributed by atoms with Crippen molar-refractivity contribution in [1.82, 2.24) is 9.97 Å². The second-order valence-corrected chi connectivity index (χ2v) is 8.52. The molecule has 0 amide bonds. The molecule has 160 valence electrons. The number of aromatic nitrogens is 2. The summed E-state index contributed by atoms with van der Waals surface area (Å²) in [4.78, 5) is 33.4. The summed E-state index contributed by atoms with van der Waals surface area (Å²) < 4.78 is 19.0. The summed E-state index contributed by atoms with van der Waals surface area (Å²) in [5.41, 5.74) is 1.49. The average molecular weight is 432 g/mol. The van der Waals surface area contributed by atoms with Crippen molar-refractivity contribution in [3.05, 3.63) is 62.8 Å². The van der Waals surface area contributed by atoms with Crippen LogP contribution in [-0.2, 0) is 9.53 Å². The fourth-order valence-electron chi connectivity index (χ4n) is 3.35. The molecular formula is C22H26FN3O3S. The van der Waals surface area contributed by atoms with Gasteiger partial charge in [-0.1, -0.05) is 37.2 Å². The number of carbonyl (C=O) groups excluding carboxylic acids is 1. The predicted octanol–water partition coefficient (Wildman–Crippen LogP) is 4.58. The number of rotatable bonds is 7. The van der Waals surface area contributed by atoms with E-state index < -0.39 is 17.7 Å². The van der Waals surface area contributed by atoms with Gasteiger partial charge in [-0.2, -0.15) is 0 Å². The fourth-order valence-corrected chi connectivity index (χ4v) is 4.30. The number of esters is 1. The molecule has 1 aliphatic rings. The van der Waals surface area contributed by atoms with Crippen LogP contribution in [0.15, 0.2) is 45.5 Å². The lowest BCUT2D eigenvalue weighted by molar-refractivity contribution is -0.143. The van der Waals surface area contributed by atoms with Gasteiger partial charge in [0.2, 0.25) is 0 Å². The van der Waals surface area contributed by atoms with Crippen LogP contribution in [0.25, 0.3) is 0 Å². The lowest BCUT2D eigenvalue weighted by atomic mass is 9.82. The second-order valence-electron chi connectivity index (χ2n) is 7.44. The van der Waals surface area contributed by atoms with E-state index in [1.54, 1.807) is 32.9 Å². The van der Waals surface area contributed by atoms with Gasteiger partial charge >= 0.3 is 5.97 Å². The van der Waals surface area contributed by atoms with Crippen molar-refractivity contribution in [3.8, 4) is 0 Å². The highest BCUT2D eigenvalue weighted by atomic mass is 32.2. The molecule has 6 nitrogen and oxygen atoms in total. The normalized spacial score (nSPS) is 15.7. The van der Waals surface area contributed by atoms with Gasteiger partial charge in [0.1, 0.15) is 11.6 Å². The first-order valence-corrected chi connectivity index (χ1v) is 11.0. The largest absolute Gasteiger partial charge is 0.460 e. The molecule has 2 N–H and O–H groups in total. The zero-order valence-electron chi connectivity index (χ0n) is 17.5. The highest BCUT2D eigenvalue weighted by Gasteiger charge is 2.36. The number of hydrogen-bond acceptors (Lipinski definition) is 6. The van der Waals surface area contributed by atoms with Crippen LogP contribution in [0, 0.1) is 5.82 Å². The molecule has 0 unspecified atom stereocenters. The van der Waals surface area contributed by atoms with Gasteiger partial charge in [-0.15, -0.1) is 0 Å². The van der Waals surface area contributed by atoms with E-state index >= 15 is 0 Å². The van der Waals surface area contributed by atoms with Gasteiger partial charge in [0, 0.05) is 11.4 Å². The van der Waals surface area contributed by atoms with E-state index in [2.05, 4.69) is 22.2 Å². The van der Waals surface area contributed by atoms with E-state index in [1.165, 1.54) is 23.9 Å². The SMILES string of the molecule is CCCCSc1nc2c(c(=O)[nH]1)[C@H](c1ccc(F)cc1)C(C(=O)OC(C)C)=C(C)N2. The molecule has 0 fully saturated rings. The number of hydrogen-bond donors (Lipinski definition) is 2. The van der Waals surface area contributed by atoms with E-state index in [1.807, 2.05) is 0 Å². The van der Waals surface area contributed by atoms with Crippen molar-refractivity contribution in [2.24, 2.45) is 0 Å². The molecule has 0 saturated carbocycles. The van der Waals surface area contributed by atoms with Crippen LogP contribution in [0.5, 0.6) is 0 Å². The number of fused-ring (bicyclic) bond motifs is 1. The Hall–Kier alpha value is -2.61. The number of nitrogens with zero attached hydrogens (tertiary/aromatic N) is 1. The van der Waals surface area contributed by atoms with Crippen LogP contribution in [-0.4, -0.2) is 27.8 Å². The maximum absolute atomic E-state index is 13.5. The number of ether oxygens (including phenoxy) is 1. The van der Waals surface area contributed by atoms with Crippen molar-refractivity contribution in [2.45, 2.75) is 57.7 Å². The lowest BCUT2D eigenvalue weighted by Gasteiger charge is -2.29. The Bertz CT molecular complexity index is 1020. The molecule has 1 aromatic carbocycles. The van der Waals surface area contributed by atoms with Crippen molar-refractivity contribution < 1.29 is 13.9 Å². The molecule has 0 spiro atoms. The fraction of sp³-hybridized carbons (Fsp3) is 0.409. The average Bonchev–Trinajstić information content (AvgIpc) is 2.67. The molecule has 1 aromatic heterocycles. The predicted molar refractivity (Wildman–Crippen MR) is 116 cm³/mol. The third-order valence-electron chi connectivity index (χ3n) is 4.72. The van der Waals surface area contributed by atoms with Gasteiger partial charge in [-0.25, -0.2) is 14.2 Å². The van der Waals surface area contributed by atoms with Gasteiger partial charge in [0.05, 0.1) is 23.2 Å². The molecule has 0 radical (unpaired) electrons.